The zero-order valence-corrected chi connectivity index (χ0v) is 11.7. The fraction of sp³-hybridized carbons (Fsp3) is 0.154. The molecule has 2 aromatic heterocycles. The largest absolute Gasteiger partial charge is 0.364 e. The molecule has 0 atom stereocenters. The van der Waals surface area contributed by atoms with Gasteiger partial charge in [-0.1, -0.05) is 35.5 Å². The number of aromatic nitrogens is 4. The Kier molecular flexibility index (Phi) is 3.53. The van der Waals surface area contributed by atoms with E-state index in [-0.39, 0.29) is 10.9 Å². The van der Waals surface area contributed by atoms with Gasteiger partial charge < -0.3 is 4.52 Å². The van der Waals surface area contributed by atoms with E-state index in [1.54, 1.807) is 0 Å². The zero-order valence-electron chi connectivity index (χ0n) is 10.9. The molecule has 0 unspecified atom stereocenters. The molecule has 108 valence electrons. The molecular formula is C13H12N4O3S. The highest BCUT2D eigenvalue weighted by molar-refractivity contribution is 7.90. The van der Waals surface area contributed by atoms with Gasteiger partial charge in [0, 0.05) is 12.5 Å². The summed E-state index contributed by atoms with van der Waals surface area (Å²) in [6, 6.07) is 11.1. The van der Waals surface area contributed by atoms with E-state index in [0.29, 0.717) is 17.9 Å². The molecule has 0 bridgehead atoms. The number of hydrogen-bond donors (Lipinski definition) is 1. The number of benzene rings is 1. The minimum atomic E-state index is -3.63. The van der Waals surface area contributed by atoms with Gasteiger partial charge in [0.05, 0.1) is 5.69 Å². The van der Waals surface area contributed by atoms with Crippen LogP contribution in [0.1, 0.15) is 17.1 Å². The fourth-order valence-corrected chi connectivity index (χ4v) is 2.96. The first-order valence-corrected chi connectivity index (χ1v) is 7.86. The van der Waals surface area contributed by atoms with Crippen LogP contribution in [0, 0.1) is 0 Å². The molecular weight excluding hydrogens is 292 g/mol. The van der Waals surface area contributed by atoms with Gasteiger partial charge in [0.15, 0.2) is 0 Å². The SMILES string of the molecule is O=S(=O)(Cc1ccon1)c1n[nH]c(Cc2ccccc2)n1. The van der Waals surface area contributed by atoms with Crippen molar-refractivity contribution in [3.05, 3.63) is 59.7 Å². The molecule has 0 spiro atoms. The number of aromatic amines is 1. The number of rotatable bonds is 5. The first kappa shape index (κ1) is 13.5. The minimum Gasteiger partial charge on any atom is -0.364 e. The van der Waals surface area contributed by atoms with E-state index < -0.39 is 9.84 Å². The van der Waals surface area contributed by atoms with E-state index in [4.69, 9.17) is 0 Å². The number of H-pyrrole nitrogens is 1. The number of nitrogens with zero attached hydrogens (tertiary/aromatic N) is 3. The van der Waals surface area contributed by atoms with Crippen LogP contribution in [-0.4, -0.2) is 28.8 Å². The molecule has 0 saturated carbocycles. The summed E-state index contributed by atoms with van der Waals surface area (Å²) in [6.07, 6.45) is 1.82. The molecule has 0 radical (unpaired) electrons. The number of nitrogens with one attached hydrogen (secondary N) is 1. The van der Waals surface area contributed by atoms with Crippen molar-refractivity contribution in [2.45, 2.75) is 17.3 Å². The molecule has 7 nitrogen and oxygen atoms in total. The van der Waals surface area contributed by atoms with Crippen LogP contribution in [0.5, 0.6) is 0 Å². The average molecular weight is 304 g/mol. The lowest BCUT2D eigenvalue weighted by molar-refractivity contribution is 0.413. The van der Waals surface area contributed by atoms with Crippen molar-refractivity contribution >= 4 is 9.84 Å². The first-order valence-electron chi connectivity index (χ1n) is 6.21. The first-order chi connectivity index (χ1) is 10.1. The van der Waals surface area contributed by atoms with Gasteiger partial charge in [-0.25, -0.2) is 13.4 Å². The quantitative estimate of drug-likeness (QED) is 0.763. The Balaban J connectivity index is 1.78. The molecule has 0 fully saturated rings. The maximum absolute atomic E-state index is 12.1. The Morgan fingerprint density at radius 3 is 2.67 bits per heavy atom. The van der Waals surface area contributed by atoms with Crippen LogP contribution < -0.4 is 0 Å². The fourth-order valence-electron chi connectivity index (χ4n) is 1.86. The Morgan fingerprint density at radius 1 is 1.14 bits per heavy atom. The molecule has 1 aromatic carbocycles. The summed E-state index contributed by atoms with van der Waals surface area (Å²) in [5.74, 6) is 0.214. The standard InChI is InChI=1S/C13H12N4O3S/c18-21(19,9-11-6-7-20-17-11)13-14-12(15-16-13)8-10-4-2-1-3-5-10/h1-7H,8-9H2,(H,14,15,16). The van der Waals surface area contributed by atoms with Crippen LogP contribution in [0.4, 0.5) is 0 Å². The van der Waals surface area contributed by atoms with E-state index in [2.05, 4.69) is 24.9 Å². The zero-order chi connectivity index (χ0) is 14.7. The van der Waals surface area contributed by atoms with Crippen molar-refractivity contribution in [3.8, 4) is 0 Å². The lowest BCUT2D eigenvalue weighted by atomic mass is 10.1. The molecule has 0 amide bonds. The van der Waals surface area contributed by atoms with E-state index in [1.807, 2.05) is 30.3 Å². The lowest BCUT2D eigenvalue weighted by Crippen LogP contribution is -2.07. The molecule has 1 N–H and O–H groups in total. The highest BCUT2D eigenvalue weighted by Crippen LogP contribution is 2.12. The molecule has 21 heavy (non-hydrogen) atoms. The van der Waals surface area contributed by atoms with Gasteiger partial charge in [-0.05, 0) is 5.56 Å². The van der Waals surface area contributed by atoms with Crippen LogP contribution >= 0.6 is 0 Å². The van der Waals surface area contributed by atoms with Gasteiger partial charge in [-0.2, -0.15) is 0 Å². The Bertz CT molecular complexity index is 810. The van der Waals surface area contributed by atoms with Crippen molar-refractivity contribution in [2.24, 2.45) is 0 Å². The third-order valence-corrected chi connectivity index (χ3v) is 4.25. The smallest absolute Gasteiger partial charge is 0.267 e. The third-order valence-electron chi connectivity index (χ3n) is 2.83. The second kappa shape index (κ2) is 5.49. The molecule has 8 heteroatoms. The van der Waals surface area contributed by atoms with E-state index in [1.165, 1.54) is 12.3 Å². The van der Waals surface area contributed by atoms with Crippen molar-refractivity contribution in [1.29, 1.82) is 0 Å². The molecule has 3 aromatic rings. The van der Waals surface area contributed by atoms with Crippen molar-refractivity contribution in [1.82, 2.24) is 20.3 Å². The van der Waals surface area contributed by atoms with Crippen molar-refractivity contribution in [3.63, 3.8) is 0 Å². The number of hydrogen-bond acceptors (Lipinski definition) is 6. The number of sulfone groups is 1. The van der Waals surface area contributed by atoms with E-state index in [9.17, 15) is 8.42 Å². The van der Waals surface area contributed by atoms with Crippen LogP contribution in [0.3, 0.4) is 0 Å². The normalized spacial score (nSPS) is 11.6. The van der Waals surface area contributed by atoms with E-state index >= 15 is 0 Å². The van der Waals surface area contributed by atoms with Crippen molar-refractivity contribution < 1.29 is 12.9 Å². The van der Waals surface area contributed by atoms with Crippen LogP contribution in [0.15, 0.2) is 52.3 Å². The topological polar surface area (TPSA) is 102 Å². The van der Waals surface area contributed by atoms with Gasteiger partial charge in [0.25, 0.3) is 5.16 Å². The van der Waals surface area contributed by atoms with Crippen LogP contribution in [0.25, 0.3) is 0 Å². The predicted molar refractivity (Wildman–Crippen MR) is 73.0 cm³/mol. The third kappa shape index (κ3) is 3.16. The van der Waals surface area contributed by atoms with Gasteiger partial charge >= 0.3 is 0 Å². The molecule has 3 rings (SSSR count). The molecule has 0 aliphatic carbocycles. The maximum atomic E-state index is 12.1. The summed E-state index contributed by atoms with van der Waals surface area (Å²) in [5, 5.41) is 9.79. The Labute approximate surface area is 120 Å². The lowest BCUT2D eigenvalue weighted by Gasteiger charge is -1.96. The summed E-state index contributed by atoms with van der Waals surface area (Å²) in [7, 11) is -3.63. The minimum absolute atomic E-state index is 0.226. The molecule has 0 aliphatic rings. The highest BCUT2D eigenvalue weighted by atomic mass is 32.2. The van der Waals surface area contributed by atoms with Crippen LogP contribution in [0.2, 0.25) is 0 Å². The molecule has 2 heterocycles. The predicted octanol–water partition coefficient (Wildman–Crippen LogP) is 1.36. The van der Waals surface area contributed by atoms with Crippen LogP contribution in [-0.2, 0) is 22.0 Å². The molecule has 0 saturated heterocycles. The highest BCUT2D eigenvalue weighted by Gasteiger charge is 2.22. The van der Waals surface area contributed by atoms with E-state index in [0.717, 1.165) is 5.56 Å². The summed E-state index contributed by atoms with van der Waals surface area (Å²) in [5.41, 5.74) is 1.35. The molecule has 0 aliphatic heterocycles. The monoisotopic (exact) mass is 304 g/mol. The maximum Gasteiger partial charge on any atom is 0.267 e. The summed E-state index contributed by atoms with van der Waals surface area (Å²) in [6.45, 7) is 0. The van der Waals surface area contributed by atoms with Gasteiger partial charge in [-0.3, -0.25) is 5.10 Å². The average Bonchev–Trinajstić information content (AvgIpc) is 3.11. The van der Waals surface area contributed by atoms with Gasteiger partial charge in [0.1, 0.15) is 17.8 Å². The second-order valence-electron chi connectivity index (χ2n) is 4.48. The van der Waals surface area contributed by atoms with Gasteiger partial charge in [0.2, 0.25) is 9.84 Å². The summed E-state index contributed by atoms with van der Waals surface area (Å²) in [4.78, 5) is 4.04. The second-order valence-corrected chi connectivity index (χ2v) is 6.36. The van der Waals surface area contributed by atoms with Gasteiger partial charge in [-0.15, -0.1) is 5.10 Å². The summed E-state index contributed by atoms with van der Waals surface area (Å²) < 4.78 is 28.9. The Hall–Kier alpha value is -2.48. The van der Waals surface area contributed by atoms with Crippen molar-refractivity contribution in [2.75, 3.05) is 0 Å². The Morgan fingerprint density at radius 2 is 1.95 bits per heavy atom. The summed E-state index contributed by atoms with van der Waals surface area (Å²) >= 11 is 0.